The Hall–Kier alpha value is -1.77. The van der Waals surface area contributed by atoms with Crippen molar-refractivity contribution in [2.75, 3.05) is 26.2 Å². The highest BCUT2D eigenvalue weighted by molar-refractivity contribution is 9.10. The average molecular weight is 431 g/mol. The lowest BCUT2D eigenvalue weighted by Gasteiger charge is -2.36. The van der Waals surface area contributed by atoms with Gasteiger partial charge in [0.05, 0.1) is 6.04 Å². The van der Waals surface area contributed by atoms with Crippen molar-refractivity contribution in [3.8, 4) is 11.5 Å². The lowest BCUT2D eigenvalue weighted by molar-refractivity contribution is -0.274. The van der Waals surface area contributed by atoms with Crippen LogP contribution in [0.25, 0.3) is 0 Å². The summed E-state index contributed by atoms with van der Waals surface area (Å²) in [5.74, 6) is -0.126. The third kappa shape index (κ3) is 4.69. The van der Waals surface area contributed by atoms with E-state index in [-0.39, 0.29) is 17.5 Å². The second-order valence-electron chi connectivity index (χ2n) is 6.01. The molecule has 4 nitrogen and oxygen atoms in total. The summed E-state index contributed by atoms with van der Waals surface area (Å²) < 4.78 is 41.8. The van der Waals surface area contributed by atoms with Crippen LogP contribution in [0.1, 0.15) is 17.2 Å². The Bertz CT molecular complexity index is 747. The number of halogens is 4. The average Bonchev–Trinajstić information content (AvgIpc) is 2.58. The highest BCUT2D eigenvalue weighted by Crippen LogP contribution is 2.36. The van der Waals surface area contributed by atoms with Crippen LogP contribution in [0, 0.1) is 0 Å². The van der Waals surface area contributed by atoms with Crippen molar-refractivity contribution >= 4 is 15.9 Å². The number of benzene rings is 2. The molecule has 0 aliphatic carbocycles. The third-order valence-corrected chi connectivity index (χ3v) is 4.73. The molecular weight excluding hydrogens is 413 g/mol. The number of phenolic OH excluding ortho intramolecular Hbond substituents is 1. The fourth-order valence-corrected chi connectivity index (χ4v) is 3.48. The van der Waals surface area contributed by atoms with E-state index >= 15 is 0 Å². The Balaban J connectivity index is 1.95. The van der Waals surface area contributed by atoms with Gasteiger partial charge in [0.1, 0.15) is 11.5 Å². The van der Waals surface area contributed by atoms with Gasteiger partial charge in [0.25, 0.3) is 0 Å². The molecule has 0 spiro atoms. The predicted octanol–water partition coefficient (Wildman–Crippen LogP) is 4.05. The zero-order valence-electron chi connectivity index (χ0n) is 13.8. The number of phenols is 1. The predicted molar refractivity (Wildman–Crippen MR) is 95.2 cm³/mol. The molecule has 0 radical (unpaired) electrons. The van der Waals surface area contributed by atoms with Gasteiger partial charge < -0.3 is 15.2 Å². The van der Waals surface area contributed by atoms with Gasteiger partial charge in [-0.1, -0.05) is 34.1 Å². The van der Waals surface area contributed by atoms with E-state index in [1.54, 1.807) is 18.2 Å². The van der Waals surface area contributed by atoms with Crippen molar-refractivity contribution in [2.45, 2.75) is 12.4 Å². The minimum atomic E-state index is -4.72. The normalized spacial score (nSPS) is 17.1. The Kier molecular flexibility index (Phi) is 5.74. The lowest BCUT2D eigenvalue weighted by atomic mass is 9.95. The standard InChI is InChI=1S/C18H18BrF3N2O2/c19-13-3-6-15(16(25)11-13)17(24-9-7-23-8-10-24)12-1-4-14(5-2-12)26-18(20,21)22/h1-6,11,17,23,25H,7-10H2/t17-/m1/s1. The first-order valence-corrected chi connectivity index (χ1v) is 8.92. The number of aromatic hydroxyl groups is 1. The summed E-state index contributed by atoms with van der Waals surface area (Å²) in [5.41, 5.74) is 1.50. The van der Waals surface area contributed by atoms with Gasteiger partial charge in [-0.2, -0.15) is 0 Å². The molecule has 26 heavy (non-hydrogen) atoms. The second kappa shape index (κ2) is 7.85. The molecule has 0 aromatic heterocycles. The summed E-state index contributed by atoms with van der Waals surface area (Å²) in [5, 5.41) is 13.7. The first kappa shape index (κ1) is 19.0. The van der Waals surface area contributed by atoms with Gasteiger partial charge >= 0.3 is 6.36 Å². The van der Waals surface area contributed by atoms with Gasteiger partial charge in [-0.25, -0.2) is 0 Å². The fourth-order valence-electron chi connectivity index (χ4n) is 3.13. The SMILES string of the molecule is Oc1cc(Br)ccc1[C@@H](c1ccc(OC(F)(F)F)cc1)N1CCNCC1. The molecule has 1 heterocycles. The first-order valence-electron chi connectivity index (χ1n) is 8.12. The van der Waals surface area contributed by atoms with Gasteiger partial charge in [0.15, 0.2) is 0 Å². The molecule has 0 amide bonds. The molecule has 1 fully saturated rings. The zero-order valence-corrected chi connectivity index (χ0v) is 15.3. The number of ether oxygens (including phenoxy) is 1. The molecule has 140 valence electrons. The molecule has 1 saturated heterocycles. The van der Waals surface area contributed by atoms with Crippen molar-refractivity contribution < 1.29 is 23.0 Å². The van der Waals surface area contributed by atoms with E-state index in [1.165, 1.54) is 12.1 Å². The zero-order chi connectivity index (χ0) is 18.7. The largest absolute Gasteiger partial charge is 0.573 e. The monoisotopic (exact) mass is 430 g/mol. The van der Waals surface area contributed by atoms with E-state index in [0.29, 0.717) is 5.56 Å². The quantitative estimate of drug-likeness (QED) is 0.767. The first-order chi connectivity index (χ1) is 12.3. The van der Waals surface area contributed by atoms with Crippen molar-refractivity contribution in [1.29, 1.82) is 0 Å². The van der Waals surface area contributed by atoms with E-state index in [9.17, 15) is 18.3 Å². The summed E-state index contributed by atoms with van der Waals surface area (Å²) in [6.45, 7) is 3.15. The Morgan fingerprint density at radius 2 is 1.73 bits per heavy atom. The van der Waals surface area contributed by atoms with Gasteiger partial charge in [-0.3, -0.25) is 4.90 Å². The molecule has 0 saturated carbocycles. The van der Waals surface area contributed by atoms with Crippen LogP contribution in [0.3, 0.4) is 0 Å². The molecule has 2 aromatic rings. The number of rotatable bonds is 4. The van der Waals surface area contributed by atoms with Crippen molar-refractivity contribution in [1.82, 2.24) is 10.2 Å². The Morgan fingerprint density at radius 1 is 1.08 bits per heavy atom. The minimum absolute atomic E-state index is 0.138. The highest BCUT2D eigenvalue weighted by atomic mass is 79.9. The number of piperazine rings is 1. The van der Waals surface area contributed by atoms with Gasteiger partial charge in [0.2, 0.25) is 0 Å². The molecule has 8 heteroatoms. The summed E-state index contributed by atoms with van der Waals surface area (Å²) in [4.78, 5) is 2.19. The van der Waals surface area contributed by atoms with Crippen LogP contribution in [0.15, 0.2) is 46.9 Å². The lowest BCUT2D eigenvalue weighted by Crippen LogP contribution is -2.45. The van der Waals surface area contributed by atoms with Gasteiger partial charge in [-0.05, 0) is 29.8 Å². The van der Waals surface area contributed by atoms with Gasteiger partial charge in [0, 0.05) is 36.2 Å². The Labute approximate surface area is 157 Å². The van der Waals surface area contributed by atoms with Crippen LogP contribution in [-0.4, -0.2) is 42.5 Å². The highest BCUT2D eigenvalue weighted by Gasteiger charge is 2.31. The van der Waals surface area contributed by atoms with Crippen LogP contribution < -0.4 is 10.1 Å². The second-order valence-corrected chi connectivity index (χ2v) is 6.92. The molecule has 1 aliphatic heterocycles. The molecule has 1 aliphatic rings. The van der Waals surface area contributed by atoms with E-state index in [1.807, 2.05) is 12.1 Å². The van der Waals surface area contributed by atoms with Crippen molar-refractivity contribution in [2.24, 2.45) is 0 Å². The fraction of sp³-hybridized carbons (Fsp3) is 0.333. The molecular formula is C18H18BrF3N2O2. The third-order valence-electron chi connectivity index (χ3n) is 4.23. The van der Waals surface area contributed by atoms with Crippen LogP contribution >= 0.6 is 15.9 Å². The minimum Gasteiger partial charge on any atom is -0.508 e. The number of hydrogen-bond acceptors (Lipinski definition) is 4. The van der Waals surface area contributed by atoms with E-state index < -0.39 is 6.36 Å². The molecule has 0 unspecified atom stereocenters. The van der Waals surface area contributed by atoms with E-state index in [4.69, 9.17) is 0 Å². The van der Waals surface area contributed by atoms with Crippen molar-refractivity contribution in [3.05, 3.63) is 58.1 Å². The number of nitrogens with zero attached hydrogens (tertiary/aromatic N) is 1. The number of hydrogen-bond donors (Lipinski definition) is 2. The van der Waals surface area contributed by atoms with Crippen LogP contribution in [0.2, 0.25) is 0 Å². The van der Waals surface area contributed by atoms with E-state index in [0.717, 1.165) is 36.2 Å². The summed E-state index contributed by atoms with van der Waals surface area (Å²) in [6.07, 6.45) is -4.72. The molecule has 0 bridgehead atoms. The molecule has 3 rings (SSSR count). The van der Waals surface area contributed by atoms with Crippen LogP contribution in [-0.2, 0) is 0 Å². The maximum Gasteiger partial charge on any atom is 0.573 e. The van der Waals surface area contributed by atoms with Gasteiger partial charge in [-0.15, -0.1) is 13.2 Å². The summed E-state index contributed by atoms with van der Waals surface area (Å²) in [6, 6.07) is 10.8. The molecule has 2 aromatic carbocycles. The topological polar surface area (TPSA) is 44.7 Å². The number of alkyl halides is 3. The van der Waals surface area contributed by atoms with Crippen molar-refractivity contribution in [3.63, 3.8) is 0 Å². The van der Waals surface area contributed by atoms with E-state index in [2.05, 4.69) is 30.9 Å². The molecule has 1 atom stereocenters. The van der Waals surface area contributed by atoms with Crippen LogP contribution in [0.4, 0.5) is 13.2 Å². The Morgan fingerprint density at radius 3 is 2.31 bits per heavy atom. The maximum absolute atomic E-state index is 12.4. The maximum atomic E-state index is 12.4. The molecule has 2 N–H and O–H groups in total. The summed E-state index contributed by atoms with van der Waals surface area (Å²) in [7, 11) is 0. The number of nitrogens with one attached hydrogen (secondary N) is 1. The summed E-state index contributed by atoms with van der Waals surface area (Å²) >= 11 is 3.33. The smallest absolute Gasteiger partial charge is 0.508 e. The van der Waals surface area contributed by atoms with Crippen LogP contribution in [0.5, 0.6) is 11.5 Å².